The lowest BCUT2D eigenvalue weighted by Crippen LogP contribution is -2.53. The number of nitrogens with one attached hydrogen (secondary N) is 1. The van der Waals surface area contributed by atoms with Gasteiger partial charge in [-0.05, 0) is 44.6 Å². The van der Waals surface area contributed by atoms with Crippen LogP contribution in [0.2, 0.25) is 0 Å². The maximum absolute atomic E-state index is 3.63. The third-order valence-electron chi connectivity index (χ3n) is 4.58. The van der Waals surface area contributed by atoms with Crippen LogP contribution >= 0.6 is 0 Å². The standard InChI is InChI=1S/C16H34N2/c1-6-10-17-11-16(13(3)4)18-12-15(7-2)9-8-14(18)5/h13-17H,6-12H2,1-5H3. The van der Waals surface area contributed by atoms with E-state index in [4.69, 9.17) is 0 Å². The van der Waals surface area contributed by atoms with Gasteiger partial charge in [0.05, 0.1) is 0 Å². The third kappa shape index (κ3) is 4.55. The Kier molecular flexibility index (Phi) is 7.25. The molecule has 1 saturated heterocycles. The first-order valence-electron chi connectivity index (χ1n) is 8.06. The molecule has 108 valence electrons. The van der Waals surface area contributed by atoms with Gasteiger partial charge in [-0.15, -0.1) is 0 Å². The molecule has 0 spiro atoms. The molecule has 0 amide bonds. The van der Waals surface area contributed by atoms with Crippen molar-refractivity contribution in [1.29, 1.82) is 0 Å². The molecule has 1 fully saturated rings. The molecular formula is C16H34N2. The van der Waals surface area contributed by atoms with Gasteiger partial charge in [0.15, 0.2) is 0 Å². The van der Waals surface area contributed by atoms with Crippen LogP contribution in [0.5, 0.6) is 0 Å². The summed E-state index contributed by atoms with van der Waals surface area (Å²) in [5, 5.41) is 3.63. The van der Waals surface area contributed by atoms with Gasteiger partial charge >= 0.3 is 0 Å². The molecule has 3 unspecified atom stereocenters. The molecule has 1 rings (SSSR count). The first-order chi connectivity index (χ1) is 8.60. The van der Waals surface area contributed by atoms with Gasteiger partial charge < -0.3 is 5.32 Å². The summed E-state index contributed by atoms with van der Waals surface area (Å²) in [7, 11) is 0. The van der Waals surface area contributed by atoms with Gasteiger partial charge in [0.2, 0.25) is 0 Å². The number of piperidine rings is 1. The zero-order chi connectivity index (χ0) is 13.5. The van der Waals surface area contributed by atoms with E-state index in [9.17, 15) is 0 Å². The smallest absolute Gasteiger partial charge is 0.0246 e. The second-order valence-electron chi connectivity index (χ2n) is 6.41. The third-order valence-corrected chi connectivity index (χ3v) is 4.58. The van der Waals surface area contributed by atoms with E-state index in [1.165, 1.54) is 32.2 Å². The van der Waals surface area contributed by atoms with Crippen molar-refractivity contribution in [3.63, 3.8) is 0 Å². The van der Waals surface area contributed by atoms with Crippen LogP contribution in [0.1, 0.15) is 60.3 Å². The number of rotatable bonds is 7. The highest BCUT2D eigenvalue weighted by molar-refractivity contribution is 4.86. The molecule has 1 aliphatic rings. The second kappa shape index (κ2) is 8.16. The Morgan fingerprint density at radius 2 is 1.94 bits per heavy atom. The van der Waals surface area contributed by atoms with Crippen LogP contribution in [0.3, 0.4) is 0 Å². The van der Waals surface area contributed by atoms with Crippen molar-refractivity contribution in [2.24, 2.45) is 11.8 Å². The van der Waals surface area contributed by atoms with Gasteiger partial charge in [0.25, 0.3) is 0 Å². The predicted molar refractivity (Wildman–Crippen MR) is 81.0 cm³/mol. The van der Waals surface area contributed by atoms with Crippen LogP contribution in [0, 0.1) is 11.8 Å². The molecule has 3 atom stereocenters. The Morgan fingerprint density at radius 3 is 2.50 bits per heavy atom. The number of likely N-dealkylation sites (tertiary alicyclic amines) is 1. The molecule has 2 heteroatoms. The molecule has 0 bridgehead atoms. The fourth-order valence-corrected chi connectivity index (χ4v) is 3.17. The van der Waals surface area contributed by atoms with Crippen LogP contribution < -0.4 is 5.32 Å². The first-order valence-corrected chi connectivity index (χ1v) is 8.06. The summed E-state index contributed by atoms with van der Waals surface area (Å²) in [6.45, 7) is 15.4. The highest BCUT2D eigenvalue weighted by atomic mass is 15.2. The van der Waals surface area contributed by atoms with Crippen LogP contribution in [-0.2, 0) is 0 Å². The Labute approximate surface area is 115 Å². The Hall–Kier alpha value is -0.0800. The largest absolute Gasteiger partial charge is 0.315 e. The molecule has 1 heterocycles. The molecular weight excluding hydrogens is 220 g/mol. The van der Waals surface area contributed by atoms with E-state index in [1.807, 2.05) is 0 Å². The van der Waals surface area contributed by atoms with E-state index >= 15 is 0 Å². The van der Waals surface area contributed by atoms with Crippen molar-refractivity contribution in [2.75, 3.05) is 19.6 Å². The highest BCUT2D eigenvalue weighted by Gasteiger charge is 2.31. The summed E-state index contributed by atoms with van der Waals surface area (Å²) in [4.78, 5) is 2.78. The van der Waals surface area contributed by atoms with Crippen molar-refractivity contribution in [3.8, 4) is 0 Å². The minimum atomic E-state index is 0.709. The molecule has 18 heavy (non-hydrogen) atoms. The van der Waals surface area contributed by atoms with Crippen LogP contribution in [0.15, 0.2) is 0 Å². The summed E-state index contributed by atoms with van der Waals surface area (Å²) < 4.78 is 0. The number of hydrogen-bond donors (Lipinski definition) is 1. The van der Waals surface area contributed by atoms with Crippen LogP contribution in [-0.4, -0.2) is 36.6 Å². The van der Waals surface area contributed by atoms with Gasteiger partial charge in [-0.1, -0.05) is 34.1 Å². The lowest BCUT2D eigenvalue weighted by molar-refractivity contribution is 0.0487. The average molecular weight is 254 g/mol. The van der Waals surface area contributed by atoms with E-state index in [0.29, 0.717) is 6.04 Å². The van der Waals surface area contributed by atoms with Gasteiger partial charge in [-0.2, -0.15) is 0 Å². The van der Waals surface area contributed by atoms with Crippen molar-refractivity contribution in [1.82, 2.24) is 10.2 Å². The molecule has 0 saturated carbocycles. The normalized spacial score (nSPS) is 27.7. The lowest BCUT2D eigenvalue weighted by Gasteiger charge is -2.44. The monoisotopic (exact) mass is 254 g/mol. The molecule has 0 aromatic rings. The Bertz CT molecular complexity index is 215. The summed E-state index contributed by atoms with van der Waals surface area (Å²) in [6, 6.07) is 1.48. The summed E-state index contributed by atoms with van der Waals surface area (Å²) in [5.74, 6) is 1.67. The maximum atomic E-state index is 3.63. The maximum Gasteiger partial charge on any atom is 0.0246 e. The Morgan fingerprint density at radius 1 is 1.22 bits per heavy atom. The molecule has 2 nitrogen and oxygen atoms in total. The van der Waals surface area contributed by atoms with Crippen LogP contribution in [0.4, 0.5) is 0 Å². The zero-order valence-electron chi connectivity index (χ0n) is 13.2. The number of hydrogen-bond acceptors (Lipinski definition) is 2. The molecule has 0 aromatic heterocycles. The fraction of sp³-hybridized carbons (Fsp3) is 1.00. The van der Waals surface area contributed by atoms with E-state index in [-0.39, 0.29) is 0 Å². The topological polar surface area (TPSA) is 15.3 Å². The zero-order valence-corrected chi connectivity index (χ0v) is 13.2. The number of nitrogens with zero attached hydrogens (tertiary/aromatic N) is 1. The van der Waals surface area contributed by atoms with E-state index in [1.54, 1.807) is 0 Å². The molecule has 0 aliphatic carbocycles. The van der Waals surface area contributed by atoms with Crippen molar-refractivity contribution < 1.29 is 0 Å². The molecule has 1 N–H and O–H groups in total. The average Bonchev–Trinajstić information content (AvgIpc) is 2.35. The SMILES string of the molecule is CCCNCC(C(C)C)N1CC(CC)CCC1C. The Balaban J connectivity index is 2.58. The minimum absolute atomic E-state index is 0.709. The lowest BCUT2D eigenvalue weighted by atomic mass is 9.88. The first kappa shape index (κ1) is 16.0. The molecule has 0 aromatic carbocycles. The van der Waals surface area contributed by atoms with Gasteiger partial charge in [0, 0.05) is 25.2 Å². The molecule has 0 radical (unpaired) electrons. The van der Waals surface area contributed by atoms with Crippen molar-refractivity contribution in [2.45, 2.75) is 72.4 Å². The highest BCUT2D eigenvalue weighted by Crippen LogP contribution is 2.27. The minimum Gasteiger partial charge on any atom is -0.315 e. The van der Waals surface area contributed by atoms with E-state index < -0.39 is 0 Å². The van der Waals surface area contributed by atoms with Gasteiger partial charge in [-0.25, -0.2) is 0 Å². The van der Waals surface area contributed by atoms with Crippen molar-refractivity contribution in [3.05, 3.63) is 0 Å². The van der Waals surface area contributed by atoms with E-state index in [2.05, 4.69) is 44.8 Å². The van der Waals surface area contributed by atoms with E-state index in [0.717, 1.165) is 31.0 Å². The predicted octanol–water partition coefficient (Wildman–Crippen LogP) is 3.52. The summed E-state index contributed by atoms with van der Waals surface area (Å²) in [6.07, 6.45) is 5.39. The molecule has 1 aliphatic heterocycles. The van der Waals surface area contributed by atoms with Gasteiger partial charge in [-0.3, -0.25) is 4.90 Å². The second-order valence-corrected chi connectivity index (χ2v) is 6.41. The quantitative estimate of drug-likeness (QED) is 0.699. The summed E-state index contributed by atoms with van der Waals surface area (Å²) >= 11 is 0. The van der Waals surface area contributed by atoms with Crippen molar-refractivity contribution >= 4 is 0 Å². The fourth-order valence-electron chi connectivity index (χ4n) is 3.17. The van der Waals surface area contributed by atoms with Crippen LogP contribution in [0.25, 0.3) is 0 Å². The van der Waals surface area contributed by atoms with Gasteiger partial charge in [0.1, 0.15) is 0 Å². The summed E-state index contributed by atoms with van der Waals surface area (Å²) in [5.41, 5.74) is 0.